The van der Waals surface area contributed by atoms with Gasteiger partial charge < -0.3 is 4.74 Å². The summed E-state index contributed by atoms with van der Waals surface area (Å²) in [5.74, 6) is 2.08. The highest BCUT2D eigenvalue weighted by Gasteiger charge is 2.22. The van der Waals surface area contributed by atoms with Crippen molar-refractivity contribution < 1.29 is 17.9 Å². The van der Waals surface area contributed by atoms with E-state index < -0.39 is 16.1 Å². The molecule has 0 radical (unpaired) electrons. The zero-order chi connectivity index (χ0) is 14.6. The third kappa shape index (κ3) is 3.73. The molecule has 0 atom stereocenters. The lowest BCUT2D eigenvalue weighted by molar-refractivity contribution is 0.166. The van der Waals surface area contributed by atoms with E-state index in [2.05, 4.69) is 10.7 Å². The first kappa shape index (κ1) is 15.1. The highest BCUT2D eigenvalue weighted by molar-refractivity contribution is 7.90. The summed E-state index contributed by atoms with van der Waals surface area (Å²) in [5, 5.41) is 0. The highest BCUT2D eigenvalue weighted by Crippen LogP contribution is 2.21. The van der Waals surface area contributed by atoms with Crippen LogP contribution in [0.3, 0.4) is 0 Å². The van der Waals surface area contributed by atoms with Crippen molar-refractivity contribution in [3.8, 4) is 12.3 Å². The van der Waals surface area contributed by atoms with Crippen LogP contribution in [-0.2, 0) is 14.8 Å². The minimum Gasteiger partial charge on any atom is -0.436 e. The standard InChI is InChI=1S/C13H15NO4S/c1-5-6-18-13(15)14-19(16,17)12-10(3)7-9(2)8-11(12)4/h1,7-8H,6H2,2-4H3,(H,14,15). The SMILES string of the molecule is C#CCOC(=O)NS(=O)(=O)c1c(C)cc(C)cc1C. The van der Waals surface area contributed by atoms with Gasteiger partial charge in [0.1, 0.15) is 0 Å². The Kier molecular flexibility index (Phi) is 4.57. The molecule has 1 N–H and O–H groups in total. The molecule has 102 valence electrons. The second-order valence-electron chi connectivity index (χ2n) is 4.11. The van der Waals surface area contributed by atoms with Crippen LogP contribution in [0.25, 0.3) is 0 Å². The van der Waals surface area contributed by atoms with Gasteiger partial charge >= 0.3 is 6.09 Å². The topological polar surface area (TPSA) is 72.5 Å². The Hall–Kier alpha value is -2.00. The average Bonchev–Trinajstić information content (AvgIpc) is 2.23. The molecule has 1 aromatic rings. The summed E-state index contributed by atoms with van der Waals surface area (Å²) in [4.78, 5) is 11.4. The van der Waals surface area contributed by atoms with Crippen molar-refractivity contribution in [2.75, 3.05) is 6.61 Å². The molecule has 1 amide bonds. The molecule has 1 rings (SSSR count). The molecule has 0 heterocycles. The summed E-state index contributed by atoms with van der Waals surface area (Å²) in [6.45, 7) is 4.92. The summed E-state index contributed by atoms with van der Waals surface area (Å²) >= 11 is 0. The average molecular weight is 281 g/mol. The van der Waals surface area contributed by atoms with Crippen molar-refractivity contribution in [2.24, 2.45) is 0 Å². The van der Waals surface area contributed by atoms with Crippen LogP contribution in [0.2, 0.25) is 0 Å². The Bertz CT molecular complexity index is 618. The Balaban J connectivity index is 3.09. The van der Waals surface area contributed by atoms with Crippen LogP contribution >= 0.6 is 0 Å². The fraction of sp³-hybridized carbons (Fsp3) is 0.308. The van der Waals surface area contributed by atoms with Gasteiger partial charge in [-0.15, -0.1) is 6.42 Å². The van der Waals surface area contributed by atoms with Crippen LogP contribution in [0.4, 0.5) is 4.79 Å². The quantitative estimate of drug-likeness (QED) is 0.855. The zero-order valence-corrected chi connectivity index (χ0v) is 11.8. The van der Waals surface area contributed by atoms with Gasteiger partial charge in [-0.25, -0.2) is 17.9 Å². The lowest BCUT2D eigenvalue weighted by Gasteiger charge is -2.12. The number of carbonyl (C=O) groups is 1. The fourth-order valence-corrected chi connectivity index (χ4v) is 3.23. The van der Waals surface area contributed by atoms with E-state index in [1.165, 1.54) is 0 Å². The number of sulfonamides is 1. The molecule has 6 heteroatoms. The summed E-state index contributed by atoms with van der Waals surface area (Å²) in [7, 11) is -3.96. The molecular weight excluding hydrogens is 266 g/mol. The second kappa shape index (κ2) is 5.76. The van der Waals surface area contributed by atoms with Gasteiger partial charge in [0, 0.05) is 0 Å². The van der Waals surface area contributed by atoms with Gasteiger partial charge in [-0.05, 0) is 31.9 Å². The van der Waals surface area contributed by atoms with Gasteiger partial charge in [0.15, 0.2) is 6.61 Å². The maximum atomic E-state index is 12.1. The van der Waals surface area contributed by atoms with E-state index >= 15 is 0 Å². The highest BCUT2D eigenvalue weighted by atomic mass is 32.2. The normalized spacial score (nSPS) is 10.6. The van der Waals surface area contributed by atoms with Crippen LogP contribution in [0, 0.1) is 33.1 Å². The molecule has 0 aromatic heterocycles. The zero-order valence-electron chi connectivity index (χ0n) is 11.0. The minimum absolute atomic E-state index is 0.0794. The predicted molar refractivity (Wildman–Crippen MR) is 71.2 cm³/mol. The molecule has 19 heavy (non-hydrogen) atoms. The predicted octanol–water partition coefficient (Wildman–Crippen LogP) is 1.66. The van der Waals surface area contributed by atoms with Gasteiger partial charge in [0.05, 0.1) is 4.90 Å². The number of hydrogen-bond donors (Lipinski definition) is 1. The van der Waals surface area contributed by atoms with Gasteiger partial charge in [-0.3, -0.25) is 0 Å². The van der Waals surface area contributed by atoms with Crippen LogP contribution < -0.4 is 4.72 Å². The Labute approximate surface area is 113 Å². The molecule has 0 fully saturated rings. The van der Waals surface area contributed by atoms with Crippen LogP contribution in [-0.4, -0.2) is 21.1 Å². The molecule has 0 aliphatic heterocycles. The molecule has 1 aromatic carbocycles. The van der Waals surface area contributed by atoms with Crippen LogP contribution in [0.15, 0.2) is 17.0 Å². The smallest absolute Gasteiger partial charge is 0.422 e. The molecule has 0 spiro atoms. The summed E-state index contributed by atoms with van der Waals surface area (Å²) < 4.78 is 30.5. The van der Waals surface area contributed by atoms with Gasteiger partial charge in [-0.1, -0.05) is 23.6 Å². The third-order valence-corrected chi connectivity index (χ3v) is 3.99. The molecule has 0 saturated heterocycles. The number of amides is 1. The van der Waals surface area contributed by atoms with Gasteiger partial charge in [-0.2, -0.15) is 0 Å². The Morgan fingerprint density at radius 2 is 1.84 bits per heavy atom. The number of hydrogen-bond acceptors (Lipinski definition) is 4. The summed E-state index contributed by atoms with van der Waals surface area (Å²) in [6.07, 6.45) is 3.83. The largest absolute Gasteiger partial charge is 0.436 e. The van der Waals surface area contributed by atoms with E-state index in [1.54, 1.807) is 26.0 Å². The van der Waals surface area contributed by atoms with Crippen molar-refractivity contribution in [1.29, 1.82) is 0 Å². The van der Waals surface area contributed by atoms with E-state index in [4.69, 9.17) is 6.42 Å². The lowest BCUT2D eigenvalue weighted by Crippen LogP contribution is -2.32. The molecule has 0 aliphatic carbocycles. The summed E-state index contributed by atoms with van der Waals surface area (Å²) in [6, 6.07) is 3.46. The van der Waals surface area contributed by atoms with Gasteiger partial charge in [0.25, 0.3) is 10.0 Å². The first-order chi connectivity index (χ1) is 8.77. The summed E-state index contributed by atoms with van der Waals surface area (Å²) in [5.41, 5.74) is 2.08. The Morgan fingerprint density at radius 3 is 2.32 bits per heavy atom. The van der Waals surface area contributed by atoms with Crippen molar-refractivity contribution in [2.45, 2.75) is 25.7 Å². The maximum absolute atomic E-state index is 12.1. The van der Waals surface area contributed by atoms with E-state index in [0.717, 1.165) is 5.56 Å². The van der Waals surface area contributed by atoms with E-state index in [1.807, 2.05) is 11.6 Å². The van der Waals surface area contributed by atoms with Crippen molar-refractivity contribution in [3.05, 3.63) is 28.8 Å². The number of terminal acetylenes is 1. The monoisotopic (exact) mass is 281 g/mol. The van der Waals surface area contributed by atoms with Crippen molar-refractivity contribution in [1.82, 2.24) is 4.72 Å². The number of aryl methyl sites for hydroxylation is 3. The Morgan fingerprint density at radius 1 is 1.32 bits per heavy atom. The molecule has 0 saturated carbocycles. The van der Waals surface area contributed by atoms with Crippen molar-refractivity contribution in [3.63, 3.8) is 0 Å². The van der Waals surface area contributed by atoms with E-state index in [-0.39, 0.29) is 11.5 Å². The third-order valence-electron chi connectivity index (χ3n) is 2.38. The lowest BCUT2D eigenvalue weighted by atomic mass is 10.1. The number of nitrogens with one attached hydrogen (secondary N) is 1. The first-order valence-corrected chi connectivity index (χ1v) is 6.97. The number of carbonyl (C=O) groups excluding carboxylic acids is 1. The fourth-order valence-electron chi connectivity index (χ4n) is 1.89. The molecule has 0 bridgehead atoms. The van der Waals surface area contributed by atoms with Crippen LogP contribution in [0.5, 0.6) is 0 Å². The van der Waals surface area contributed by atoms with Crippen molar-refractivity contribution >= 4 is 16.1 Å². The second-order valence-corrected chi connectivity index (χ2v) is 5.73. The number of benzene rings is 1. The maximum Gasteiger partial charge on any atom is 0.422 e. The number of ether oxygens (including phenoxy) is 1. The van der Waals surface area contributed by atoms with E-state index in [0.29, 0.717) is 11.1 Å². The van der Waals surface area contributed by atoms with Crippen LogP contribution in [0.1, 0.15) is 16.7 Å². The number of rotatable bonds is 3. The minimum atomic E-state index is -3.96. The van der Waals surface area contributed by atoms with Gasteiger partial charge in [0.2, 0.25) is 0 Å². The molecule has 0 aliphatic rings. The molecular formula is C13H15NO4S. The molecule has 5 nitrogen and oxygen atoms in total. The molecule has 0 unspecified atom stereocenters. The van der Waals surface area contributed by atoms with E-state index in [9.17, 15) is 13.2 Å². The first-order valence-electron chi connectivity index (χ1n) is 5.49.